The molecule has 0 unspecified atom stereocenters. The Kier molecular flexibility index (Phi) is 4.07. The molecule has 1 N–H and O–H groups in total. The molecule has 1 fully saturated rings. The Bertz CT molecular complexity index is 563. The van der Waals surface area contributed by atoms with Crippen LogP contribution in [0.5, 0.6) is 0 Å². The standard InChI is InChI=1S/C12H14Cl2N4S/c13-8-7-9(14)11-12(17-19-16-11)10(8)15-3-6-18-4-1-2-5-18/h7,15H,1-6H2. The van der Waals surface area contributed by atoms with Crippen molar-refractivity contribution in [1.29, 1.82) is 0 Å². The average molecular weight is 317 g/mol. The van der Waals surface area contributed by atoms with Crippen LogP contribution in [0.4, 0.5) is 17.1 Å². The first-order valence-corrected chi connectivity index (χ1v) is 7.81. The van der Waals surface area contributed by atoms with Gasteiger partial charge < -0.3 is 10.2 Å². The van der Waals surface area contributed by atoms with E-state index < -0.39 is 0 Å². The van der Waals surface area contributed by atoms with Gasteiger partial charge in [0.15, 0.2) is 0 Å². The minimum Gasteiger partial charge on any atom is -0.381 e. The van der Waals surface area contributed by atoms with Crippen LogP contribution in [0.3, 0.4) is 0 Å². The molecule has 0 aromatic heterocycles. The molecule has 0 radical (unpaired) electrons. The van der Waals surface area contributed by atoms with Gasteiger partial charge in [0, 0.05) is 13.1 Å². The molecule has 0 atom stereocenters. The first-order valence-electron chi connectivity index (χ1n) is 6.32. The van der Waals surface area contributed by atoms with E-state index in [2.05, 4.69) is 18.9 Å². The molecule has 2 heterocycles. The van der Waals surface area contributed by atoms with Crippen molar-refractivity contribution in [1.82, 2.24) is 4.90 Å². The highest BCUT2D eigenvalue weighted by atomic mass is 35.5. The summed E-state index contributed by atoms with van der Waals surface area (Å²) in [5.74, 6) is 0. The first-order chi connectivity index (χ1) is 9.25. The van der Waals surface area contributed by atoms with Crippen molar-refractivity contribution in [3.8, 4) is 0 Å². The van der Waals surface area contributed by atoms with Gasteiger partial charge in [0.2, 0.25) is 0 Å². The van der Waals surface area contributed by atoms with Gasteiger partial charge in [0.1, 0.15) is 11.4 Å². The van der Waals surface area contributed by atoms with Crippen molar-refractivity contribution < 1.29 is 0 Å². The average Bonchev–Trinajstić information content (AvgIpc) is 3.04. The van der Waals surface area contributed by atoms with E-state index in [1.807, 2.05) is 0 Å². The summed E-state index contributed by atoms with van der Waals surface area (Å²) in [4.78, 5) is 2.45. The van der Waals surface area contributed by atoms with Gasteiger partial charge in [-0.05, 0) is 32.0 Å². The minimum atomic E-state index is 0.554. The molecule has 3 rings (SSSR count). The van der Waals surface area contributed by atoms with E-state index in [1.165, 1.54) is 25.9 Å². The highest BCUT2D eigenvalue weighted by molar-refractivity contribution is 7.58. The number of rotatable bonds is 4. The summed E-state index contributed by atoms with van der Waals surface area (Å²) in [7, 11) is 0. The molecule has 1 saturated heterocycles. The molecule has 2 aliphatic heterocycles. The van der Waals surface area contributed by atoms with Gasteiger partial charge in [-0.1, -0.05) is 23.2 Å². The number of nitrogens with one attached hydrogen (secondary N) is 1. The Morgan fingerprint density at radius 2 is 1.89 bits per heavy atom. The quantitative estimate of drug-likeness (QED) is 0.917. The number of halogens is 2. The zero-order chi connectivity index (χ0) is 13.2. The maximum absolute atomic E-state index is 6.24. The van der Waals surface area contributed by atoms with E-state index in [-0.39, 0.29) is 0 Å². The smallest absolute Gasteiger partial charge is 0.130 e. The normalized spacial score (nSPS) is 17.6. The number of benzene rings is 1. The molecule has 0 spiro atoms. The van der Waals surface area contributed by atoms with Crippen LogP contribution in [-0.2, 0) is 11.4 Å². The predicted molar refractivity (Wildman–Crippen MR) is 82.2 cm³/mol. The Hall–Kier alpha value is -0.620. The van der Waals surface area contributed by atoms with Crippen LogP contribution in [0.1, 0.15) is 12.8 Å². The van der Waals surface area contributed by atoms with Crippen molar-refractivity contribution in [2.75, 3.05) is 31.5 Å². The lowest BCUT2D eigenvalue weighted by Gasteiger charge is -2.17. The Balaban J connectivity index is 1.71. The lowest BCUT2D eigenvalue weighted by atomic mass is 10.2. The molecular weight excluding hydrogens is 303 g/mol. The molecule has 0 amide bonds. The lowest BCUT2D eigenvalue weighted by molar-refractivity contribution is 0.353. The van der Waals surface area contributed by atoms with Crippen molar-refractivity contribution in [3.05, 3.63) is 16.1 Å². The van der Waals surface area contributed by atoms with E-state index in [4.69, 9.17) is 23.2 Å². The number of anilines is 1. The second-order valence-electron chi connectivity index (χ2n) is 4.65. The molecule has 2 aliphatic rings. The second-order valence-corrected chi connectivity index (χ2v) is 6.00. The molecule has 19 heavy (non-hydrogen) atoms. The van der Waals surface area contributed by atoms with E-state index >= 15 is 0 Å². The fraction of sp³-hybridized carbons (Fsp3) is 0.500. The maximum Gasteiger partial charge on any atom is 0.130 e. The van der Waals surface area contributed by atoms with Gasteiger partial charge in [-0.25, -0.2) is 0 Å². The third-order valence-corrected chi connectivity index (χ3v) is 4.49. The number of hydrogen-bond acceptors (Lipinski definition) is 4. The second kappa shape index (κ2) is 5.79. The van der Waals surface area contributed by atoms with Gasteiger partial charge in [-0.15, -0.1) is 0 Å². The molecule has 1 aromatic rings. The summed E-state index contributed by atoms with van der Waals surface area (Å²) < 4.78 is 8.47. The molecule has 7 heteroatoms. The fourth-order valence-electron chi connectivity index (χ4n) is 2.39. The van der Waals surface area contributed by atoms with E-state index in [0.717, 1.165) is 41.5 Å². The Morgan fingerprint density at radius 1 is 1.16 bits per heavy atom. The number of likely N-dealkylation sites (tertiary alicyclic amines) is 1. The van der Waals surface area contributed by atoms with E-state index in [0.29, 0.717) is 10.0 Å². The number of nitrogens with zero attached hydrogens (tertiary/aromatic N) is 3. The summed E-state index contributed by atoms with van der Waals surface area (Å²) in [6, 6.07) is 1.73. The molecule has 0 aliphatic carbocycles. The van der Waals surface area contributed by atoms with E-state index in [9.17, 15) is 0 Å². The summed E-state index contributed by atoms with van der Waals surface area (Å²) in [6.07, 6.45) is 2.61. The zero-order valence-electron chi connectivity index (χ0n) is 10.3. The van der Waals surface area contributed by atoms with Crippen LogP contribution >= 0.6 is 23.2 Å². The van der Waals surface area contributed by atoms with E-state index in [1.54, 1.807) is 6.07 Å². The third-order valence-electron chi connectivity index (χ3n) is 3.37. The Morgan fingerprint density at radius 3 is 2.68 bits per heavy atom. The summed E-state index contributed by atoms with van der Waals surface area (Å²) in [5, 5.41) is 4.53. The van der Waals surface area contributed by atoms with Gasteiger partial charge in [0.05, 0.1) is 27.1 Å². The van der Waals surface area contributed by atoms with Gasteiger partial charge in [-0.3, -0.25) is 0 Å². The lowest BCUT2D eigenvalue weighted by Crippen LogP contribution is -2.26. The van der Waals surface area contributed by atoms with Crippen LogP contribution in [0.15, 0.2) is 14.8 Å². The fourth-order valence-corrected chi connectivity index (χ4v) is 3.57. The molecule has 1 aromatic carbocycles. The molecule has 4 nitrogen and oxygen atoms in total. The molecule has 102 valence electrons. The number of fused-ring (bicyclic) bond motifs is 1. The van der Waals surface area contributed by atoms with Crippen LogP contribution in [-0.4, -0.2) is 31.1 Å². The molecule has 0 saturated carbocycles. The first kappa shape index (κ1) is 13.4. The number of hydrogen-bond donors (Lipinski definition) is 1. The predicted octanol–water partition coefficient (Wildman–Crippen LogP) is 4.23. The maximum atomic E-state index is 6.24. The Labute approximate surface area is 126 Å². The topological polar surface area (TPSA) is 40.0 Å². The van der Waals surface area contributed by atoms with Crippen molar-refractivity contribution >= 4 is 51.6 Å². The van der Waals surface area contributed by atoms with Crippen molar-refractivity contribution in [3.63, 3.8) is 0 Å². The van der Waals surface area contributed by atoms with Crippen LogP contribution in [0.2, 0.25) is 10.0 Å². The zero-order valence-corrected chi connectivity index (χ0v) is 12.7. The van der Waals surface area contributed by atoms with Crippen molar-refractivity contribution in [2.24, 2.45) is 8.73 Å². The van der Waals surface area contributed by atoms with Gasteiger partial charge in [-0.2, -0.15) is 8.73 Å². The van der Waals surface area contributed by atoms with Crippen LogP contribution in [0, 0.1) is 0 Å². The van der Waals surface area contributed by atoms with Gasteiger partial charge >= 0.3 is 0 Å². The van der Waals surface area contributed by atoms with Crippen LogP contribution < -0.4 is 5.32 Å². The monoisotopic (exact) mass is 316 g/mol. The third kappa shape index (κ3) is 2.79. The highest BCUT2D eigenvalue weighted by Crippen LogP contribution is 2.47. The van der Waals surface area contributed by atoms with Gasteiger partial charge in [0.25, 0.3) is 0 Å². The molecule has 0 bridgehead atoms. The summed E-state index contributed by atoms with van der Waals surface area (Å²) in [6.45, 7) is 4.28. The summed E-state index contributed by atoms with van der Waals surface area (Å²) in [5.41, 5.74) is 2.33. The van der Waals surface area contributed by atoms with Crippen LogP contribution in [0.25, 0.3) is 0 Å². The largest absolute Gasteiger partial charge is 0.381 e. The minimum absolute atomic E-state index is 0.554. The SMILES string of the molecule is Clc1cc(Cl)c(NCCN2CCCC2)c2c1N=S=N2. The molecular formula is C12H14Cl2N4S. The van der Waals surface area contributed by atoms with Crippen molar-refractivity contribution in [2.45, 2.75) is 12.8 Å². The highest BCUT2D eigenvalue weighted by Gasteiger charge is 2.18. The summed E-state index contributed by atoms with van der Waals surface area (Å²) >= 11 is 13.5.